The number of carboxylic acid groups (broad SMARTS) is 1. The van der Waals surface area contributed by atoms with E-state index in [4.69, 9.17) is 5.11 Å². The third kappa shape index (κ3) is 4.66. The van der Waals surface area contributed by atoms with Crippen LogP contribution in [0, 0.1) is 12.8 Å². The number of anilines is 1. The van der Waals surface area contributed by atoms with Crippen LogP contribution >= 0.6 is 11.5 Å². The highest BCUT2D eigenvalue weighted by Gasteiger charge is 2.17. The number of aromatic nitrogens is 2. The summed E-state index contributed by atoms with van der Waals surface area (Å²) in [5, 5.41) is 14.3. The van der Waals surface area contributed by atoms with Crippen LogP contribution in [-0.2, 0) is 4.79 Å². The van der Waals surface area contributed by atoms with Crippen LogP contribution in [0.25, 0.3) is 0 Å². The smallest absolute Gasteiger partial charge is 0.321 e. The number of carboxylic acids is 1. The fraction of sp³-hybridized carbons (Fsp3) is 0.600. The standard InChI is InChI=1S/C10H16N4O3S/c1-3-4-7(8(15)16)5-11-9(17)13-10-12-6(2)14-18-10/h7H,3-5H2,1-2H3,(H,15,16)(H2,11,12,13,14,17). The number of hydrogen-bond acceptors (Lipinski definition) is 5. The summed E-state index contributed by atoms with van der Waals surface area (Å²) in [7, 11) is 0. The highest BCUT2D eigenvalue weighted by molar-refractivity contribution is 7.09. The van der Waals surface area contributed by atoms with Crippen LogP contribution in [0.2, 0.25) is 0 Å². The molecular formula is C10H16N4O3S. The monoisotopic (exact) mass is 272 g/mol. The van der Waals surface area contributed by atoms with Crippen LogP contribution in [0.15, 0.2) is 0 Å². The van der Waals surface area contributed by atoms with E-state index in [1.54, 1.807) is 6.92 Å². The van der Waals surface area contributed by atoms with Crippen LogP contribution in [0.4, 0.5) is 9.93 Å². The maximum absolute atomic E-state index is 11.5. The first-order valence-corrected chi connectivity index (χ1v) is 6.38. The zero-order chi connectivity index (χ0) is 13.5. The van der Waals surface area contributed by atoms with Crippen molar-refractivity contribution in [1.29, 1.82) is 0 Å². The number of nitrogens with one attached hydrogen (secondary N) is 2. The van der Waals surface area contributed by atoms with E-state index in [2.05, 4.69) is 20.0 Å². The molecule has 1 atom stereocenters. The third-order valence-corrected chi connectivity index (χ3v) is 2.97. The Morgan fingerprint density at radius 2 is 2.22 bits per heavy atom. The first kappa shape index (κ1) is 14.4. The molecule has 8 heteroatoms. The number of carbonyl (C=O) groups is 2. The minimum absolute atomic E-state index is 0.104. The Balaban J connectivity index is 2.38. The van der Waals surface area contributed by atoms with Crippen molar-refractivity contribution in [3.8, 4) is 0 Å². The van der Waals surface area contributed by atoms with Gasteiger partial charge in [0.15, 0.2) is 0 Å². The summed E-state index contributed by atoms with van der Waals surface area (Å²) < 4.78 is 3.92. The van der Waals surface area contributed by atoms with E-state index >= 15 is 0 Å². The van der Waals surface area contributed by atoms with Crippen LogP contribution in [0.3, 0.4) is 0 Å². The number of nitrogens with zero attached hydrogens (tertiary/aromatic N) is 2. The van der Waals surface area contributed by atoms with Crippen molar-refractivity contribution in [2.45, 2.75) is 26.7 Å². The maximum Gasteiger partial charge on any atom is 0.321 e. The molecule has 0 spiro atoms. The summed E-state index contributed by atoms with van der Waals surface area (Å²) in [6, 6.07) is -0.464. The van der Waals surface area contributed by atoms with Gasteiger partial charge in [-0.1, -0.05) is 13.3 Å². The molecule has 0 fully saturated rings. The first-order valence-electron chi connectivity index (χ1n) is 5.61. The SMILES string of the molecule is CCCC(CNC(=O)Nc1nc(C)ns1)C(=O)O. The van der Waals surface area contributed by atoms with Crippen LogP contribution in [0.1, 0.15) is 25.6 Å². The average Bonchev–Trinajstić information content (AvgIpc) is 2.69. The van der Waals surface area contributed by atoms with Crippen LogP contribution < -0.4 is 10.6 Å². The average molecular weight is 272 g/mol. The number of hydrogen-bond donors (Lipinski definition) is 3. The number of aryl methyl sites for hydroxylation is 1. The molecule has 1 unspecified atom stereocenters. The van der Waals surface area contributed by atoms with Gasteiger partial charge in [-0.15, -0.1) is 0 Å². The molecule has 0 aliphatic carbocycles. The highest BCUT2D eigenvalue weighted by atomic mass is 32.1. The van der Waals surface area contributed by atoms with Crippen LogP contribution in [-0.4, -0.2) is 33.0 Å². The van der Waals surface area contributed by atoms with Crippen molar-refractivity contribution < 1.29 is 14.7 Å². The summed E-state index contributed by atoms with van der Waals surface area (Å²) >= 11 is 1.08. The number of aliphatic carboxylic acids is 1. The van der Waals surface area contributed by atoms with Gasteiger partial charge in [-0.2, -0.15) is 4.37 Å². The third-order valence-electron chi connectivity index (χ3n) is 2.24. The Labute approximate surface area is 109 Å². The molecule has 0 aromatic carbocycles. The number of urea groups is 1. The van der Waals surface area contributed by atoms with E-state index in [0.29, 0.717) is 17.4 Å². The van der Waals surface area contributed by atoms with Gasteiger partial charge in [-0.3, -0.25) is 10.1 Å². The number of rotatable bonds is 6. The first-order chi connectivity index (χ1) is 8.52. The second-order valence-corrected chi connectivity index (χ2v) is 4.56. The lowest BCUT2D eigenvalue weighted by molar-refractivity contribution is -0.141. The Morgan fingerprint density at radius 3 is 2.72 bits per heavy atom. The van der Waals surface area contributed by atoms with Crippen molar-refractivity contribution in [3.63, 3.8) is 0 Å². The maximum atomic E-state index is 11.5. The van der Waals surface area contributed by atoms with Gasteiger partial charge in [0.05, 0.1) is 5.92 Å². The van der Waals surface area contributed by atoms with Gasteiger partial charge >= 0.3 is 12.0 Å². The Kier molecular flexibility index (Phi) is 5.50. The van der Waals surface area contributed by atoms with Gasteiger partial charge in [0, 0.05) is 18.1 Å². The minimum atomic E-state index is -0.899. The Bertz CT molecular complexity index is 421. The fourth-order valence-corrected chi connectivity index (χ4v) is 1.94. The van der Waals surface area contributed by atoms with Crippen molar-refractivity contribution in [2.24, 2.45) is 5.92 Å². The highest BCUT2D eigenvalue weighted by Crippen LogP contribution is 2.10. The normalized spacial score (nSPS) is 11.9. The van der Waals surface area contributed by atoms with E-state index < -0.39 is 17.9 Å². The molecule has 0 saturated heterocycles. The predicted molar refractivity (Wildman–Crippen MR) is 67.7 cm³/mol. The van der Waals surface area contributed by atoms with Crippen molar-refractivity contribution in [1.82, 2.24) is 14.7 Å². The lowest BCUT2D eigenvalue weighted by Crippen LogP contribution is -2.35. The van der Waals surface area contributed by atoms with E-state index in [0.717, 1.165) is 18.0 Å². The molecule has 0 bridgehead atoms. The molecule has 100 valence electrons. The summed E-state index contributed by atoms with van der Waals surface area (Å²) in [6.07, 6.45) is 1.30. The second-order valence-electron chi connectivity index (χ2n) is 3.81. The molecular weight excluding hydrogens is 256 g/mol. The van der Waals surface area contributed by atoms with Crippen molar-refractivity contribution >= 4 is 28.7 Å². The van der Waals surface area contributed by atoms with Crippen LogP contribution in [0.5, 0.6) is 0 Å². The molecule has 3 N–H and O–H groups in total. The minimum Gasteiger partial charge on any atom is -0.481 e. The molecule has 0 aliphatic rings. The molecule has 18 heavy (non-hydrogen) atoms. The molecule has 7 nitrogen and oxygen atoms in total. The largest absolute Gasteiger partial charge is 0.481 e. The van der Waals surface area contributed by atoms with Gasteiger partial charge < -0.3 is 10.4 Å². The molecule has 1 aromatic heterocycles. The number of amides is 2. The van der Waals surface area contributed by atoms with Gasteiger partial charge in [0.25, 0.3) is 0 Å². The van der Waals surface area contributed by atoms with Gasteiger partial charge in [-0.05, 0) is 13.3 Å². The molecule has 0 radical (unpaired) electrons. The summed E-state index contributed by atoms with van der Waals surface area (Å²) in [5.74, 6) is -0.870. The molecule has 1 heterocycles. The van der Waals surface area contributed by atoms with Crippen molar-refractivity contribution in [2.75, 3.05) is 11.9 Å². The Morgan fingerprint density at radius 1 is 1.50 bits per heavy atom. The Hall–Kier alpha value is -1.70. The van der Waals surface area contributed by atoms with Gasteiger partial charge in [-0.25, -0.2) is 9.78 Å². The fourth-order valence-electron chi connectivity index (χ4n) is 1.37. The molecule has 2 amide bonds. The van der Waals surface area contributed by atoms with Crippen molar-refractivity contribution in [3.05, 3.63) is 5.82 Å². The van der Waals surface area contributed by atoms with E-state index in [-0.39, 0.29) is 6.54 Å². The topological polar surface area (TPSA) is 104 Å². The van der Waals surface area contributed by atoms with E-state index in [1.165, 1.54) is 0 Å². The predicted octanol–water partition coefficient (Wildman–Crippen LogP) is 1.47. The molecule has 1 aromatic rings. The second kappa shape index (κ2) is 6.90. The lowest BCUT2D eigenvalue weighted by atomic mass is 10.0. The summed E-state index contributed by atoms with van der Waals surface area (Å²) in [4.78, 5) is 26.3. The van der Waals surface area contributed by atoms with E-state index in [9.17, 15) is 9.59 Å². The zero-order valence-electron chi connectivity index (χ0n) is 10.3. The summed E-state index contributed by atoms with van der Waals surface area (Å²) in [5.41, 5.74) is 0. The molecule has 0 aliphatic heterocycles. The van der Waals surface area contributed by atoms with E-state index in [1.807, 2.05) is 6.92 Å². The summed E-state index contributed by atoms with van der Waals surface area (Å²) in [6.45, 7) is 3.73. The quantitative estimate of drug-likeness (QED) is 0.727. The van der Waals surface area contributed by atoms with Gasteiger partial charge in [0.2, 0.25) is 5.13 Å². The lowest BCUT2D eigenvalue weighted by Gasteiger charge is -2.12. The number of carbonyl (C=O) groups excluding carboxylic acids is 1. The van der Waals surface area contributed by atoms with Gasteiger partial charge in [0.1, 0.15) is 5.82 Å². The molecule has 1 rings (SSSR count). The zero-order valence-corrected chi connectivity index (χ0v) is 11.1. The molecule has 0 saturated carbocycles.